The van der Waals surface area contributed by atoms with E-state index < -0.39 is 23.7 Å². The molecule has 22 heteroatoms. The fourth-order valence-electron chi connectivity index (χ4n) is 10.4. The summed E-state index contributed by atoms with van der Waals surface area (Å²) in [7, 11) is 0. The Kier molecular flexibility index (Phi) is 24.3. The number of hydrogen-bond donors (Lipinski definition) is 6. The summed E-state index contributed by atoms with van der Waals surface area (Å²) in [5.74, 6) is -2.91. The van der Waals surface area contributed by atoms with Crippen molar-refractivity contribution >= 4 is 99.1 Å². The number of aromatic amines is 3. The maximum absolute atomic E-state index is 12.9. The maximum atomic E-state index is 12.9. The first-order chi connectivity index (χ1) is 42.0. The highest BCUT2D eigenvalue weighted by atomic mass is 35.5. The van der Waals surface area contributed by atoms with Crippen molar-refractivity contribution in [1.29, 1.82) is 0 Å². The zero-order valence-corrected chi connectivity index (χ0v) is 54.8. The number of esters is 2. The number of aryl methyl sites for hydroxylation is 5. The zero-order chi connectivity index (χ0) is 65.7. The number of ketones is 2. The van der Waals surface area contributed by atoms with E-state index in [-0.39, 0.29) is 46.6 Å². The highest BCUT2D eigenvalue weighted by Crippen LogP contribution is 2.62. The number of ether oxygens (including phenoxy) is 2. The van der Waals surface area contributed by atoms with Crippen molar-refractivity contribution in [3.8, 4) is 33.8 Å². The number of aromatic nitrogens is 6. The molecule has 3 aromatic heterocycles. The molecule has 2 saturated carbocycles. The van der Waals surface area contributed by atoms with Gasteiger partial charge in [0, 0.05) is 65.0 Å². The molecule has 17 nitrogen and oxygen atoms in total. The van der Waals surface area contributed by atoms with Gasteiger partial charge in [0.05, 0.1) is 30.3 Å². The highest BCUT2D eigenvalue weighted by molar-refractivity contribution is 6.39. The van der Waals surface area contributed by atoms with Crippen LogP contribution >= 0.6 is 58.0 Å². The van der Waals surface area contributed by atoms with E-state index in [0.29, 0.717) is 66.5 Å². The first-order valence-corrected chi connectivity index (χ1v) is 30.2. The quantitative estimate of drug-likeness (QED) is 0.0207. The molecule has 0 radical (unpaired) electrons. The van der Waals surface area contributed by atoms with E-state index in [1.54, 1.807) is 82.3 Å². The Bertz CT molecular complexity index is 3940. The molecule has 10 rings (SSSR count). The van der Waals surface area contributed by atoms with E-state index in [0.717, 1.165) is 61.3 Å². The van der Waals surface area contributed by atoms with E-state index in [4.69, 9.17) is 67.8 Å². The number of aromatic carboxylic acids is 1. The monoisotopic (exact) mass is 1310 g/mol. The molecule has 468 valence electrons. The van der Waals surface area contributed by atoms with Crippen LogP contribution in [-0.2, 0) is 19.1 Å². The summed E-state index contributed by atoms with van der Waals surface area (Å²) in [5.41, 5.74) is 11.7. The lowest BCUT2D eigenvalue weighted by molar-refractivity contribution is -0.151. The van der Waals surface area contributed by atoms with Gasteiger partial charge in [0.2, 0.25) is 0 Å². The number of benzene rings is 5. The number of amides is 1. The number of carboxylic acid groups (broad SMARTS) is 1. The summed E-state index contributed by atoms with van der Waals surface area (Å²) in [5, 5.41) is 45.5. The number of aliphatic hydroxyl groups excluding tert-OH is 1. The number of hydrogen-bond acceptors (Lipinski definition) is 12. The van der Waals surface area contributed by atoms with Gasteiger partial charge in [-0.25, -0.2) is 14.4 Å². The molecule has 1 amide bonds. The minimum Gasteiger partial charge on any atom is -0.507 e. The standard InChI is InChI=1S/C21H26ClN3O.C13H13ClN2O2.C13H13ClO4.C11H9ClN2O2.C9H9ClO/c1-12-9-13(5-6-15(12)22)16-10-17(25-24-16)18(26)23-19-20(2,3)14-7-8-21(19,4)11-14;1-3-18-13(17)12-7-11(15-16-12)9-4-5-10(14)8(2)6-9;1-3-18-13(17)12(16)7-11(15)9-4-5-10(14)8(2)6-9;1-6-4-7(2-3-8(6)12)9-5-10(11(15)16)14-13-9;1-6-5-8(7(2)11)3-4-9(6)10/h5-6,9-10,14,19H,7-8,11H2,1-4H3,(H,23,26)(H,24,25);4-7H,3H2,1-2H3,(H,15,16);4-7,15H,3H2,1-2H3;2-5H,1H3,(H,13,14)(H,15,16);3-5H,1-2H3. The number of Topliss-reactive ketones (excluding diaryl/α,β-unsaturated/α-hetero) is 1. The van der Waals surface area contributed by atoms with Crippen LogP contribution in [0.5, 0.6) is 0 Å². The van der Waals surface area contributed by atoms with Gasteiger partial charge in [-0.2, -0.15) is 15.3 Å². The lowest BCUT2D eigenvalue weighted by Crippen LogP contribution is -2.52. The molecule has 2 aliphatic rings. The van der Waals surface area contributed by atoms with Gasteiger partial charge in [0.1, 0.15) is 22.8 Å². The Morgan fingerprint density at radius 1 is 0.573 bits per heavy atom. The second-order valence-corrected chi connectivity index (χ2v) is 24.4. The van der Waals surface area contributed by atoms with Gasteiger partial charge in [0.25, 0.3) is 11.7 Å². The van der Waals surface area contributed by atoms with Gasteiger partial charge >= 0.3 is 17.9 Å². The number of nitrogens with zero attached hydrogens (tertiary/aromatic N) is 3. The topological polar surface area (TPSA) is 259 Å². The van der Waals surface area contributed by atoms with E-state index in [1.165, 1.54) is 25.3 Å². The number of H-pyrrole nitrogens is 3. The molecule has 0 spiro atoms. The van der Waals surface area contributed by atoms with Crippen molar-refractivity contribution in [2.24, 2.45) is 16.7 Å². The Balaban J connectivity index is 0.000000182. The van der Waals surface area contributed by atoms with Crippen molar-refractivity contribution in [1.82, 2.24) is 35.9 Å². The first kappa shape index (κ1) is 70.0. The predicted octanol–water partition coefficient (Wildman–Crippen LogP) is 16.5. The normalized spacial score (nSPS) is 15.9. The number of aliphatic hydroxyl groups is 1. The molecule has 2 fully saturated rings. The molecule has 0 saturated heterocycles. The molecule has 8 aromatic rings. The molecule has 3 atom stereocenters. The van der Waals surface area contributed by atoms with E-state index in [2.05, 4.69) is 61.4 Å². The van der Waals surface area contributed by atoms with Gasteiger partial charge in [-0.15, -0.1) is 0 Å². The fraction of sp³-hybridized carbons (Fsp3) is 0.299. The molecule has 89 heavy (non-hydrogen) atoms. The number of carbonyl (C=O) groups is 6. The number of nitrogens with one attached hydrogen (secondary N) is 4. The van der Waals surface area contributed by atoms with Crippen LogP contribution in [0.3, 0.4) is 0 Å². The first-order valence-electron chi connectivity index (χ1n) is 28.3. The molecule has 5 aromatic carbocycles. The average Bonchev–Trinajstić information content (AvgIpc) is 1.73. The van der Waals surface area contributed by atoms with Crippen LogP contribution in [0.1, 0.15) is 136 Å². The van der Waals surface area contributed by atoms with Crippen LogP contribution in [0.25, 0.3) is 39.5 Å². The summed E-state index contributed by atoms with van der Waals surface area (Å²) in [6.07, 6.45) is 4.52. The number of halogens is 5. The SMILES string of the molecule is CC(=O)c1ccc(Cl)c(C)c1.CCOC(=O)C(=O)C=C(O)c1ccc(Cl)c(C)c1.CCOC(=O)c1cc(-c2ccc(Cl)c(C)c2)n[nH]1.Cc1cc(-c2cc(C(=O)NC3C4(C)CCC(C4)C3(C)C)[nH]n2)ccc1Cl.Cc1cc(-c2cc(C(=O)O)[nH]n2)ccc1Cl. The lowest BCUT2D eigenvalue weighted by atomic mass is 9.68. The Morgan fingerprint density at radius 3 is 1.38 bits per heavy atom. The second-order valence-electron chi connectivity index (χ2n) is 22.3. The molecular weight excluding hydrogens is 1240 g/mol. The van der Waals surface area contributed by atoms with Crippen molar-refractivity contribution in [3.63, 3.8) is 0 Å². The van der Waals surface area contributed by atoms with Crippen molar-refractivity contribution in [2.75, 3.05) is 13.2 Å². The van der Waals surface area contributed by atoms with E-state index in [1.807, 2.05) is 76.2 Å². The van der Waals surface area contributed by atoms with Crippen LogP contribution < -0.4 is 5.32 Å². The summed E-state index contributed by atoms with van der Waals surface area (Å²) in [4.78, 5) is 68.3. The third-order valence-electron chi connectivity index (χ3n) is 15.4. The van der Waals surface area contributed by atoms with Gasteiger partial charge in [-0.1, -0.05) is 97.0 Å². The van der Waals surface area contributed by atoms with Gasteiger partial charge < -0.3 is 25.0 Å². The number of fused-ring (bicyclic) bond motifs is 2. The lowest BCUT2D eigenvalue weighted by Gasteiger charge is -2.43. The fourth-order valence-corrected chi connectivity index (χ4v) is 11.0. The van der Waals surface area contributed by atoms with Gasteiger partial charge in [0.15, 0.2) is 5.78 Å². The van der Waals surface area contributed by atoms with Crippen LogP contribution in [0.2, 0.25) is 25.1 Å². The molecule has 6 N–H and O–H groups in total. The Hall–Kier alpha value is -8.06. The molecule has 2 aliphatic carbocycles. The predicted molar refractivity (Wildman–Crippen MR) is 349 cm³/mol. The highest BCUT2D eigenvalue weighted by Gasteiger charge is 2.59. The maximum Gasteiger partial charge on any atom is 0.379 e. The van der Waals surface area contributed by atoms with Crippen molar-refractivity contribution in [2.45, 2.75) is 101 Å². The Morgan fingerprint density at radius 2 is 0.978 bits per heavy atom. The van der Waals surface area contributed by atoms with Crippen LogP contribution in [-0.4, -0.2) is 95.4 Å². The van der Waals surface area contributed by atoms with Gasteiger partial charge in [-0.3, -0.25) is 29.7 Å². The third kappa shape index (κ3) is 18.3. The van der Waals surface area contributed by atoms with Crippen LogP contribution in [0.4, 0.5) is 0 Å². The van der Waals surface area contributed by atoms with Crippen molar-refractivity contribution < 1.29 is 48.5 Å². The second kappa shape index (κ2) is 30.9. The summed E-state index contributed by atoms with van der Waals surface area (Å²) < 4.78 is 9.41. The molecule has 3 heterocycles. The van der Waals surface area contributed by atoms with Gasteiger partial charge in [-0.05, 0) is 210 Å². The average molecular weight is 1310 g/mol. The molecule has 3 unspecified atom stereocenters. The van der Waals surface area contributed by atoms with E-state index >= 15 is 0 Å². The largest absolute Gasteiger partial charge is 0.507 e. The van der Waals surface area contributed by atoms with Crippen LogP contribution in [0.15, 0.2) is 115 Å². The number of carboxylic acids is 1. The zero-order valence-electron chi connectivity index (χ0n) is 51.1. The van der Waals surface area contributed by atoms with Crippen molar-refractivity contribution in [3.05, 3.63) is 196 Å². The molecular formula is C67H70Cl5N7O10. The summed E-state index contributed by atoms with van der Waals surface area (Å²) >= 11 is 29.6. The summed E-state index contributed by atoms with van der Waals surface area (Å²) in [6.45, 7) is 21.7. The van der Waals surface area contributed by atoms with E-state index in [9.17, 15) is 33.9 Å². The molecule has 2 bridgehead atoms. The third-order valence-corrected chi connectivity index (χ3v) is 17.5. The smallest absolute Gasteiger partial charge is 0.379 e. The minimum absolute atomic E-state index is 0.0683. The number of rotatable bonds is 13. The van der Waals surface area contributed by atoms with Crippen LogP contribution in [0, 0.1) is 51.4 Å². The summed E-state index contributed by atoms with van der Waals surface area (Å²) in [6, 6.07) is 32.0. The Labute approximate surface area is 541 Å². The number of carbonyl (C=O) groups excluding carboxylic acids is 5. The minimum atomic E-state index is -1.02. The molecule has 0 aliphatic heterocycles.